The van der Waals surface area contributed by atoms with Crippen LogP contribution in [-0.4, -0.2) is 60.2 Å². The molecule has 2 saturated heterocycles. The van der Waals surface area contributed by atoms with Gasteiger partial charge in [-0.3, -0.25) is 9.59 Å². The highest BCUT2D eigenvalue weighted by Gasteiger charge is 2.43. The average molecular weight is 505 g/mol. The molecule has 0 spiro atoms. The SMILES string of the molecule is COc1cccc(/C=C2\SC3CCC(C(=O)N4CCC(Cc5ccccc5)CC4)CC3N(C)C2=O)c1. The third-order valence-electron chi connectivity index (χ3n) is 8.10. The normalized spacial score (nSPS) is 26.1. The number of ether oxygens (including phenoxy) is 1. The Balaban J connectivity index is 1.18. The highest BCUT2D eigenvalue weighted by Crippen LogP contribution is 2.44. The fourth-order valence-electron chi connectivity index (χ4n) is 5.97. The molecule has 5 rings (SSSR count). The van der Waals surface area contributed by atoms with Crippen LogP contribution in [0.5, 0.6) is 5.75 Å². The fraction of sp³-hybridized carbons (Fsp3) is 0.467. The number of fused-ring (bicyclic) bond motifs is 1. The quantitative estimate of drug-likeness (QED) is 0.521. The first-order valence-electron chi connectivity index (χ1n) is 13.1. The number of thioether (sulfide) groups is 1. The number of likely N-dealkylation sites (N-methyl/N-ethyl adjacent to an activating group) is 1. The molecule has 1 aliphatic carbocycles. The van der Waals surface area contributed by atoms with E-state index in [1.54, 1.807) is 18.9 Å². The van der Waals surface area contributed by atoms with E-state index < -0.39 is 0 Å². The molecule has 3 fully saturated rings. The van der Waals surface area contributed by atoms with E-state index in [1.807, 2.05) is 42.3 Å². The molecule has 36 heavy (non-hydrogen) atoms. The van der Waals surface area contributed by atoms with Crippen LogP contribution in [-0.2, 0) is 16.0 Å². The van der Waals surface area contributed by atoms with E-state index in [0.29, 0.717) is 17.1 Å². The Bertz CT molecular complexity index is 1110. The first kappa shape index (κ1) is 24.9. The van der Waals surface area contributed by atoms with Crippen LogP contribution in [0.1, 0.15) is 43.2 Å². The second kappa shape index (κ2) is 11.1. The van der Waals surface area contributed by atoms with Gasteiger partial charge in [0.15, 0.2) is 0 Å². The number of hydrogen-bond acceptors (Lipinski definition) is 4. The van der Waals surface area contributed by atoms with Crippen molar-refractivity contribution in [2.45, 2.75) is 49.8 Å². The molecule has 190 valence electrons. The molecular weight excluding hydrogens is 468 g/mol. The molecule has 3 atom stereocenters. The summed E-state index contributed by atoms with van der Waals surface area (Å²) in [6.45, 7) is 1.72. The summed E-state index contributed by atoms with van der Waals surface area (Å²) in [5.41, 5.74) is 2.36. The van der Waals surface area contributed by atoms with Gasteiger partial charge < -0.3 is 14.5 Å². The molecule has 0 N–H and O–H groups in total. The van der Waals surface area contributed by atoms with Crippen LogP contribution >= 0.6 is 11.8 Å². The van der Waals surface area contributed by atoms with Gasteiger partial charge in [0.2, 0.25) is 5.91 Å². The molecule has 5 nitrogen and oxygen atoms in total. The molecule has 0 radical (unpaired) electrons. The number of methoxy groups -OCH3 is 1. The van der Waals surface area contributed by atoms with E-state index >= 15 is 0 Å². The van der Waals surface area contributed by atoms with Crippen LogP contribution in [0.25, 0.3) is 6.08 Å². The molecular formula is C30H36N2O3S. The Kier molecular flexibility index (Phi) is 7.70. The highest BCUT2D eigenvalue weighted by atomic mass is 32.2. The first-order chi connectivity index (χ1) is 17.5. The van der Waals surface area contributed by atoms with E-state index in [4.69, 9.17) is 4.74 Å². The number of nitrogens with zero attached hydrogens (tertiary/aromatic N) is 2. The average Bonchev–Trinajstić information content (AvgIpc) is 2.92. The molecule has 3 aliphatic rings. The van der Waals surface area contributed by atoms with Gasteiger partial charge in [0.1, 0.15) is 5.75 Å². The fourth-order valence-corrected chi connectivity index (χ4v) is 7.45. The minimum absolute atomic E-state index is 0.0247. The third-order valence-corrected chi connectivity index (χ3v) is 9.49. The summed E-state index contributed by atoms with van der Waals surface area (Å²) in [7, 11) is 3.55. The highest BCUT2D eigenvalue weighted by molar-refractivity contribution is 8.04. The van der Waals surface area contributed by atoms with Gasteiger partial charge in [-0.15, -0.1) is 11.8 Å². The Labute approximate surface area is 218 Å². The predicted octanol–water partition coefficient (Wildman–Crippen LogP) is 5.26. The lowest BCUT2D eigenvalue weighted by Gasteiger charge is -2.45. The lowest BCUT2D eigenvalue weighted by Crippen LogP contribution is -2.53. The van der Waals surface area contributed by atoms with Crippen molar-refractivity contribution in [3.05, 3.63) is 70.6 Å². The van der Waals surface area contributed by atoms with Crippen molar-refractivity contribution in [2.24, 2.45) is 11.8 Å². The lowest BCUT2D eigenvalue weighted by molar-refractivity contribution is -0.140. The van der Waals surface area contributed by atoms with Gasteiger partial charge in [0.25, 0.3) is 5.91 Å². The van der Waals surface area contributed by atoms with E-state index in [1.165, 1.54) is 5.56 Å². The molecule has 1 saturated carbocycles. The maximum atomic E-state index is 13.4. The van der Waals surface area contributed by atoms with Crippen LogP contribution in [0.3, 0.4) is 0 Å². The van der Waals surface area contributed by atoms with Crippen LogP contribution in [0, 0.1) is 11.8 Å². The zero-order valence-corrected chi connectivity index (χ0v) is 22.1. The molecule has 2 amide bonds. The summed E-state index contributed by atoms with van der Waals surface area (Å²) in [6, 6.07) is 18.6. The minimum Gasteiger partial charge on any atom is -0.497 e. The molecule has 2 aromatic rings. The molecule has 0 aromatic heterocycles. The van der Waals surface area contributed by atoms with Crippen LogP contribution in [0.15, 0.2) is 59.5 Å². The zero-order chi connectivity index (χ0) is 25.1. The van der Waals surface area contributed by atoms with Crippen molar-refractivity contribution >= 4 is 29.7 Å². The molecule has 3 unspecified atom stereocenters. The van der Waals surface area contributed by atoms with Gasteiger partial charge in [0, 0.05) is 37.3 Å². The monoisotopic (exact) mass is 504 g/mol. The van der Waals surface area contributed by atoms with Crippen molar-refractivity contribution in [3.63, 3.8) is 0 Å². The van der Waals surface area contributed by atoms with E-state index in [2.05, 4.69) is 35.2 Å². The standard InChI is InChI=1S/C30H36N2O3S/c1-31-26-20-24(29(33)32-15-13-22(14-16-32)17-21-7-4-3-5-8-21)11-12-27(26)36-28(30(31)34)19-23-9-6-10-25(18-23)35-2/h3-10,18-19,22,24,26-27H,11-17,20H2,1-2H3/b28-19-. The Hall–Kier alpha value is -2.73. The first-order valence-corrected chi connectivity index (χ1v) is 14.0. The smallest absolute Gasteiger partial charge is 0.260 e. The number of piperidine rings is 1. The number of carbonyl (C=O) groups is 2. The van der Waals surface area contributed by atoms with Gasteiger partial charge in [-0.25, -0.2) is 0 Å². The van der Waals surface area contributed by atoms with Crippen molar-refractivity contribution in [3.8, 4) is 5.75 Å². The lowest BCUT2D eigenvalue weighted by atomic mass is 9.82. The van der Waals surface area contributed by atoms with E-state index in [9.17, 15) is 9.59 Å². The van der Waals surface area contributed by atoms with Crippen molar-refractivity contribution in [1.29, 1.82) is 0 Å². The van der Waals surface area contributed by atoms with Crippen molar-refractivity contribution < 1.29 is 14.3 Å². The number of benzene rings is 2. The van der Waals surface area contributed by atoms with E-state index in [0.717, 1.165) is 67.8 Å². The summed E-state index contributed by atoms with van der Waals surface area (Å²) >= 11 is 1.69. The number of rotatable bonds is 5. The van der Waals surface area contributed by atoms with Gasteiger partial charge in [0.05, 0.1) is 12.0 Å². The number of likely N-dealkylation sites (tertiary alicyclic amines) is 1. The molecule has 2 aromatic carbocycles. The largest absolute Gasteiger partial charge is 0.497 e. The Morgan fingerprint density at radius 2 is 1.83 bits per heavy atom. The minimum atomic E-state index is 0.0247. The molecule has 0 bridgehead atoms. The number of hydrogen-bond donors (Lipinski definition) is 0. The number of amides is 2. The van der Waals surface area contributed by atoms with E-state index in [-0.39, 0.29) is 17.9 Å². The molecule has 6 heteroatoms. The summed E-state index contributed by atoms with van der Waals surface area (Å²) in [6.07, 6.45) is 7.87. The van der Waals surface area contributed by atoms with Crippen LogP contribution in [0.2, 0.25) is 0 Å². The maximum Gasteiger partial charge on any atom is 0.260 e. The second-order valence-electron chi connectivity index (χ2n) is 10.4. The van der Waals surface area contributed by atoms with Gasteiger partial charge >= 0.3 is 0 Å². The Morgan fingerprint density at radius 3 is 2.58 bits per heavy atom. The zero-order valence-electron chi connectivity index (χ0n) is 21.3. The van der Waals surface area contributed by atoms with Crippen LogP contribution in [0.4, 0.5) is 0 Å². The number of carbonyl (C=O) groups excluding carboxylic acids is 2. The van der Waals surface area contributed by atoms with Gasteiger partial charge in [-0.2, -0.15) is 0 Å². The predicted molar refractivity (Wildman–Crippen MR) is 146 cm³/mol. The van der Waals surface area contributed by atoms with Crippen molar-refractivity contribution in [2.75, 3.05) is 27.2 Å². The Morgan fingerprint density at radius 1 is 1.06 bits per heavy atom. The van der Waals surface area contributed by atoms with Crippen molar-refractivity contribution in [1.82, 2.24) is 9.80 Å². The maximum absolute atomic E-state index is 13.4. The third kappa shape index (κ3) is 5.49. The topological polar surface area (TPSA) is 49.9 Å². The summed E-state index contributed by atoms with van der Waals surface area (Å²) in [4.78, 5) is 31.4. The summed E-state index contributed by atoms with van der Waals surface area (Å²) in [5.74, 6) is 1.82. The van der Waals surface area contributed by atoms with Gasteiger partial charge in [-0.1, -0.05) is 42.5 Å². The second-order valence-corrected chi connectivity index (χ2v) is 11.7. The molecule has 2 heterocycles. The summed E-state index contributed by atoms with van der Waals surface area (Å²) < 4.78 is 5.33. The summed E-state index contributed by atoms with van der Waals surface area (Å²) in [5, 5.41) is 0.338. The van der Waals surface area contributed by atoms with Gasteiger partial charge in [-0.05, 0) is 73.8 Å². The molecule has 2 aliphatic heterocycles. The van der Waals surface area contributed by atoms with Crippen LogP contribution < -0.4 is 4.74 Å².